The quantitative estimate of drug-likeness (QED) is 0.337. The summed E-state index contributed by atoms with van der Waals surface area (Å²) in [6, 6.07) is 18.7. The predicted octanol–water partition coefficient (Wildman–Crippen LogP) is 5.71. The maximum absolute atomic E-state index is 12.5. The van der Waals surface area contributed by atoms with Crippen LogP contribution in [0.25, 0.3) is 0 Å². The average Bonchev–Trinajstić information content (AvgIpc) is 3.73. The van der Waals surface area contributed by atoms with E-state index in [0.717, 1.165) is 57.7 Å². The van der Waals surface area contributed by atoms with Gasteiger partial charge in [-0.3, -0.25) is 4.79 Å². The highest BCUT2D eigenvalue weighted by Gasteiger charge is 2.48. The van der Waals surface area contributed by atoms with Crippen LogP contribution in [0.4, 0.5) is 5.69 Å². The normalized spacial score (nSPS) is 26.0. The molecule has 2 aromatic rings. The molecule has 7 heteroatoms. The van der Waals surface area contributed by atoms with Gasteiger partial charge < -0.3 is 14.5 Å². The largest absolute Gasteiger partial charge is 0.466 e. The highest BCUT2D eigenvalue weighted by Crippen LogP contribution is 2.52. The summed E-state index contributed by atoms with van der Waals surface area (Å²) in [7, 11) is -3.12. The molecular weight excluding hydrogens is 532 g/mol. The van der Waals surface area contributed by atoms with Gasteiger partial charge in [-0.25, -0.2) is 8.42 Å². The van der Waals surface area contributed by atoms with Crippen molar-refractivity contribution in [3.63, 3.8) is 0 Å². The van der Waals surface area contributed by atoms with E-state index < -0.39 is 9.84 Å². The van der Waals surface area contributed by atoms with Gasteiger partial charge in [0.25, 0.3) is 0 Å². The van der Waals surface area contributed by atoms with Crippen LogP contribution in [0.5, 0.6) is 0 Å². The van der Waals surface area contributed by atoms with Crippen LogP contribution in [0.15, 0.2) is 59.5 Å². The number of rotatable bonds is 10. The van der Waals surface area contributed by atoms with Gasteiger partial charge in [-0.1, -0.05) is 43.7 Å². The third-order valence-electron chi connectivity index (χ3n) is 10.7. The summed E-state index contributed by atoms with van der Waals surface area (Å²) in [5.41, 5.74) is 2.66. The molecule has 6 rings (SSSR count). The Morgan fingerprint density at radius 2 is 1.61 bits per heavy atom. The molecular formula is C34H46N2O4S. The first-order valence-electron chi connectivity index (χ1n) is 15.8. The highest BCUT2D eigenvalue weighted by atomic mass is 32.2. The van der Waals surface area contributed by atoms with Crippen LogP contribution in [0.1, 0.15) is 64.4 Å². The van der Waals surface area contributed by atoms with Crippen molar-refractivity contribution in [3.8, 4) is 0 Å². The SMILES string of the molecule is CC(=O)OC[C@H]1CCC[C@@H]1C(C)(c1ccccc1)C1CCN(CC2CN(c3ccc(S(=O)(=O)C4CC4)cc3)C2)CC1. The van der Waals surface area contributed by atoms with Crippen molar-refractivity contribution in [2.75, 3.05) is 44.2 Å². The third kappa shape index (κ3) is 5.94. The second kappa shape index (κ2) is 11.7. The second-order valence-corrected chi connectivity index (χ2v) is 15.6. The Hall–Kier alpha value is -2.38. The Morgan fingerprint density at radius 1 is 0.927 bits per heavy atom. The molecule has 2 aliphatic carbocycles. The number of sulfone groups is 1. The van der Waals surface area contributed by atoms with E-state index in [0.29, 0.717) is 35.2 Å². The van der Waals surface area contributed by atoms with Gasteiger partial charge in [0.2, 0.25) is 0 Å². The molecule has 1 unspecified atom stereocenters. The zero-order valence-electron chi connectivity index (χ0n) is 24.7. The summed E-state index contributed by atoms with van der Waals surface area (Å²) in [5.74, 6) is 2.08. The molecule has 4 aliphatic rings. The van der Waals surface area contributed by atoms with Gasteiger partial charge in [0.05, 0.1) is 16.8 Å². The fourth-order valence-corrected chi connectivity index (χ4v) is 9.85. The molecule has 0 N–H and O–H groups in total. The maximum Gasteiger partial charge on any atom is 0.302 e. The molecule has 0 spiro atoms. The van der Waals surface area contributed by atoms with Crippen LogP contribution >= 0.6 is 0 Å². The van der Waals surface area contributed by atoms with Gasteiger partial charge in [-0.05, 0) is 105 Å². The van der Waals surface area contributed by atoms with Gasteiger partial charge in [0, 0.05) is 38.2 Å². The van der Waals surface area contributed by atoms with Crippen LogP contribution in [0.3, 0.4) is 0 Å². The molecule has 2 saturated carbocycles. The minimum Gasteiger partial charge on any atom is -0.466 e. The van der Waals surface area contributed by atoms with Crippen LogP contribution in [-0.2, 0) is 24.8 Å². The van der Waals surface area contributed by atoms with E-state index in [-0.39, 0.29) is 16.6 Å². The number of benzene rings is 2. The smallest absolute Gasteiger partial charge is 0.302 e. The van der Waals surface area contributed by atoms with Gasteiger partial charge in [0.1, 0.15) is 0 Å². The van der Waals surface area contributed by atoms with Crippen molar-refractivity contribution in [1.82, 2.24) is 4.90 Å². The summed E-state index contributed by atoms with van der Waals surface area (Å²) >= 11 is 0. The number of carbonyl (C=O) groups is 1. The van der Waals surface area contributed by atoms with Crippen LogP contribution in [-0.4, -0.2) is 63.9 Å². The van der Waals surface area contributed by atoms with Gasteiger partial charge in [-0.15, -0.1) is 0 Å². The average molecular weight is 579 g/mol. The Balaban J connectivity index is 1.04. The Bertz CT molecular complexity index is 1300. The van der Waals surface area contributed by atoms with E-state index >= 15 is 0 Å². The molecule has 0 amide bonds. The summed E-state index contributed by atoms with van der Waals surface area (Å²) in [5, 5.41) is -0.156. The van der Waals surface area contributed by atoms with Crippen LogP contribution in [0.2, 0.25) is 0 Å². The number of ether oxygens (including phenoxy) is 1. The van der Waals surface area contributed by atoms with E-state index in [1.807, 2.05) is 12.1 Å². The number of piperidine rings is 1. The number of anilines is 1. The fourth-order valence-electron chi connectivity index (χ4n) is 8.19. The molecule has 2 aromatic carbocycles. The first-order valence-corrected chi connectivity index (χ1v) is 17.3. The lowest BCUT2D eigenvalue weighted by atomic mass is 9.58. The van der Waals surface area contributed by atoms with E-state index in [9.17, 15) is 13.2 Å². The lowest BCUT2D eigenvalue weighted by Crippen LogP contribution is -2.53. The minimum absolute atomic E-state index is 0.0844. The van der Waals surface area contributed by atoms with Gasteiger partial charge in [-0.2, -0.15) is 0 Å². The van der Waals surface area contributed by atoms with E-state index in [1.54, 1.807) is 12.1 Å². The number of carbonyl (C=O) groups excluding carboxylic acids is 1. The molecule has 4 fully saturated rings. The second-order valence-electron chi connectivity index (χ2n) is 13.3. The first kappa shape index (κ1) is 28.7. The number of hydrogen-bond donors (Lipinski definition) is 0. The Labute approximate surface area is 246 Å². The fraction of sp³-hybridized carbons (Fsp3) is 0.618. The number of nitrogens with zero attached hydrogens (tertiary/aromatic N) is 2. The molecule has 41 heavy (non-hydrogen) atoms. The number of likely N-dealkylation sites (tertiary alicyclic amines) is 1. The molecule has 0 radical (unpaired) electrons. The monoisotopic (exact) mass is 578 g/mol. The lowest BCUT2D eigenvalue weighted by Gasteiger charge is -2.49. The topological polar surface area (TPSA) is 66.9 Å². The van der Waals surface area contributed by atoms with E-state index in [2.05, 4.69) is 47.1 Å². The van der Waals surface area contributed by atoms with Crippen molar-refractivity contribution in [2.24, 2.45) is 23.7 Å². The minimum atomic E-state index is -3.12. The molecule has 2 aliphatic heterocycles. The summed E-state index contributed by atoms with van der Waals surface area (Å²) in [4.78, 5) is 17.1. The standard InChI is InChI=1S/C34H46N2O4S/c1-25(37)40-24-27-7-6-10-33(27)34(2,28-8-4-3-5-9-28)29-17-19-35(20-18-29)21-26-22-36(23-26)30-11-13-31(14-12-30)41(38,39)32-15-16-32/h3-5,8-9,11-14,26-27,29,32-33H,6-7,10,15-24H2,1-2H3/t27-,33+,34?/m1/s1. The van der Waals surface area contributed by atoms with Gasteiger partial charge >= 0.3 is 5.97 Å². The molecule has 0 bridgehead atoms. The molecule has 6 nitrogen and oxygen atoms in total. The summed E-state index contributed by atoms with van der Waals surface area (Å²) in [6.07, 6.45) is 7.59. The highest BCUT2D eigenvalue weighted by molar-refractivity contribution is 7.92. The molecule has 0 aromatic heterocycles. The summed E-state index contributed by atoms with van der Waals surface area (Å²) in [6.45, 7) is 10.1. The van der Waals surface area contributed by atoms with E-state index in [1.165, 1.54) is 38.2 Å². The lowest BCUT2D eigenvalue weighted by molar-refractivity contribution is -0.143. The van der Waals surface area contributed by atoms with Crippen molar-refractivity contribution < 1.29 is 17.9 Å². The van der Waals surface area contributed by atoms with Crippen LogP contribution < -0.4 is 4.90 Å². The molecule has 222 valence electrons. The van der Waals surface area contributed by atoms with Gasteiger partial charge in [0.15, 0.2) is 9.84 Å². The number of hydrogen-bond acceptors (Lipinski definition) is 6. The van der Waals surface area contributed by atoms with Crippen LogP contribution in [0, 0.1) is 23.7 Å². The Kier molecular flexibility index (Phi) is 8.21. The van der Waals surface area contributed by atoms with Crippen molar-refractivity contribution in [2.45, 2.75) is 74.4 Å². The Morgan fingerprint density at radius 3 is 2.24 bits per heavy atom. The molecule has 3 atom stereocenters. The zero-order valence-corrected chi connectivity index (χ0v) is 25.5. The van der Waals surface area contributed by atoms with Crippen molar-refractivity contribution in [3.05, 3.63) is 60.2 Å². The van der Waals surface area contributed by atoms with Crippen molar-refractivity contribution in [1.29, 1.82) is 0 Å². The maximum atomic E-state index is 12.5. The summed E-state index contributed by atoms with van der Waals surface area (Å²) < 4.78 is 30.6. The molecule has 2 saturated heterocycles. The predicted molar refractivity (Wildman–Crippen MR) is 163 cm³/mol. The van der Waals surface area contributed by atoms with Crippen molar-refractivity contribution >= 4 is 21.5 Å². The molecule has 2 heterocycles. The third-order valence-corrected chi connectivity index (χ3v) is 13.0. The zero-order chi connectivity index (χ0) is 28.6. The van der Waals surface area contributed by atoms with E-state index in [4.69, 9.17) is 4.74 Å². The number of esters is 1. The first-order chi connectivity index (χ1) is 19.7.